The van der Waals surface area contributed by atoms with Crippen LogP contribution in [0.4, 0.5) is 0 Å². The second-order valence-electron chi connectivity index (χ2n) is 6.39. The fraction of sp³-hybridized carbons (Fsp3) is 0.316. The molecule has 0 aliphatic carbocycles. The van der Waals surface area contributed by atoms with Gasteiger partial charge in [0.15, 0.2) is 0 Å². The zero-order valence-corrected chi connectivity index (χ0v) is 14.9. The Kier molecular flexibility index (Phi) is 5.40. The van der Waals surface area contributed by atoms with E-state index in [2.05, 4.69) is 27.8 Å². The van der Waals surface area contributed by atoms with Crippen molar-refractivity contribution in [2.45, 2.75) is 33.3 Å². The van der Waals surface area contributed by atoms with Crippen molar-refractivity contribution >= 4 is 23.3 Å². The molecule has 2 aromatic rings. The molecule has 25 heavy (non-hydrogen) atoms. The fourth-order valence-corrected chi connectivity index (χ4v) is 2.42. The van der Waals surface area contributed by atoms with Gasteiger partial charge in [0.2, 0.25) is 5.88 Å². The number of para-hydroxylation sites is 1. The fourth-order valence-electron chi connectivity index (χ4n) is 2.42. The normalized spacial score (nSPS) is 13.4. The van der Waals surface area contributed by atoms with E-state index in [0.717, 1.165) is 22.2 Å². The lowest BCUT2D eigenvalue weighted by molar-refractivity contribution is 0.00197. The van der Waals surface area contributed by atoms with Crippen LogP contribution in [0, 0.1) is 11.3 Å². The van der Waals surface area contributed by atoms with Crippen LogP contribution in [-0.4, -0.2) is 34.7 Å². The molecule has 2 rings (SSSR count). The summed E-state index contributed by atoms with van der Waals surface area (Å²) in [5, 5.41) is 19.9. The van der Waals surface area contributed by atoms with E-state index < -0.39 is 5.60 Å². The third-order valence-electron chi connectivity index (χ3n) is 3.58. The Labute approximate surface area is 147 Å². The molecule has 0 amide bonds. The molecule has 0 aliphatic heterocycles. The zero-order valence-electron chi connectivity index (χ0n) is 14.9. The molecular weight excluding hydrogens is 316 g/mol. The highest BCUT2D eigenvalue weighted by Crippen LogP contribution is 2.23. The van der Waals surface area contributed by atoms with Gasteiger partial charge >= 0.3 is 0 Å². The number of hydrogen-bond donors (Lipinski definition) is 2. The smallest absolute Gasteiger partial charge is 0.234 e. The van der Waals surface area contributed by atoms with Crippen molar-refractivity contribution in [1.82, 2.24) is 4.98 Å². The van der Waals surface area contributed by atoms with Gasteiger partial charge in [0.05, 0.1) is 22.4 Å². The number of hydrogen-bond acceptors (Lipinski definition) is 5. The number of allylic oxidation sites excluding steroid dienone is 1. The van der Waals surface area contributed by atoms with Crippen molar-refractivity contribution in [1.29, 1.82) is 5.26 Å². The van der Waals surface area contributed by atoms with Gasteiger partial charge in [-0.15, -0.1) is 0 Å². The van der Waals surface area contributed by atoms with Gasteiger partial charge < -0.3 is 14.8 Å². The largest absolute Gasteiger partial charge is 0.473 e. The third-order valence-corrected chi connectivity index (χ3v) is 3.58. The minimum absolute atomic E-state index is 0.0892. The van der Waals surface area contributed by atoms with Crippen LogP contribution in [0.25, 0.3) is 10.9 Å². The number of nitriles is 1. The lowest BCUT2D eigenvalue weighted by Gasteiger charge is -2.18. The molecule has 6 nitrogen and oxygen atoms in total. The Morgan fingerprint density at radius 1 is 1.40 bits per heavy atom. The van der Waals surface area contributed by atoms with Gasteiger partial charge in [-0.05, 0) is 40.5 Å². The minimum Gasteiger partial charge on any atom is -0.473 e. The van der Waals surface area contributed by atoms with Crippen LogP contribution in [0.5, 0.6) is 0 Å². The predicted octanol–water partition coefficient (Wildman–Crippen LogP) is 3.53. The zero-order chi connectivity index (χ0) is 18.6. The molecule has 130 valence electrons. The maximum absolute atomic E-state index is 9.77. The quantitative estimate of drug-likeness (QED) is 0.623. The van der Waals surface area contributed by atoms with Gasteiger partial charge in [0, 0.05) is 22.9 Å². The van der Waals surface area contributed by atoms with E-state index in [1.165, 1.54) is 0 Å². The van der Waals surface area contributed by atoms with Gasteiger partial charge in [-0.25, -0.2) is 4.99 Å². The molecule has 0 saturated carbocycles. The van der Waals surface area contributed by atoms with E-state index in [4.69, 9.17) is 4.74 Å². The topological polar surface area (TPSA) is 93.8 Å². The molecule has 0 radical (unpaired) electrons. The average molecular weight is 338 g/mol. The molecule has 0 fully saturated rings. The predicted molar refractivity (Wildman–Crippen MR) is 99.7 cm³/mol. The van der Waals surface area contributed by atoms with E-state index in [1.807, 2.05) is 25.3 Å². The van der Waals surface area contributed by atoms with E-state index in [-0.39, 0.29) is 12.5 Å². The highest BCUT2D eigenvalue weighted by molar-refractivity contribution is 6.10. The number of fused-ring (bicyclic) bond motifs is 1. The molecule has 1 aromatic heterocycles. The molecule has 0 spiro atoms. The summed E-state index contributed by atoms with van der Waals surface area (Å²) in [5.74, 6) is 0.277. The van der Waals surface area contributed by atoms with Crippen molar-refractivity contribution in [2.75, 3.05) is 6.61 Å². The first-order chi connectivity index (χ1) is 11.8. The molecule has 1 aromatic carbocycles. The summed E-state index contributed by atoms with van der Waals surface area (Å²) in [6, 6.07) is 7.73. The summed E-state index contributed by atoms with van der Waals surface area (Å²) in [5.41, 5.74) is 2.62. The Bertz CT molecular complexity index is 892. The average Bonchev–Trinajstić information content (AvgIpc) is 2.98. The van der Waals surface area contributed by atoms with E-state index in [9.17, 15) is 10.4 Å². The first-order valence-corrected chi connectivity index (χ1v) is 7.85. The number of aliphatic imine (C=N–C) groups is 2. The summed E-state index contributed by atoms with van der Waals surface area (Å²) >= 11 is 0. The monoisotopic (exact) mass is 338 g/mol. The van der Waals surface area contributed by atoms with Gasteiger partial charge in [0.25, 0.3) is 0 Å². The maximum Gasteiger partial charge on any atom is 0.234 e. The molecular formula is C19H22N4O2. The van der Waals surface area contributed by atoms with Crippen LogP contribution in [0.1, 0.15) is 38.8 Å². The molecule has 0 unspecified atom stereocenters. The summed E-state index contributed by atoms with van der Waals surface area (Å²) < 4.78 is 5.50. The SMILES string of the molecule is C=N/C(OCC(C)(C)O)=C(C)\N=C(/C)c1c[nH]c2c(C#N)cccc12. The number of H-pyrrole nitrogens is 1. The molecule has 6 heteroatoms. The van der Waals surface area contributed by atoms with Crippen LogP contribution in [-0.2, 0) is 4.74 Å². The van der Waals surface area contributed by atoms with Crippen LogP contribution >= 0.6 is 0 Å². The molecule has 0 saturated heterocycles. The molecule has 2 N–H and O–H groups in total. The van der Waals surface area contributed by atoms with Gasteiger partial charge in [0.1, 0.15) is 12.7 Å². The lowest BCUT2D eigenvalue weighted by Crippen LogP contribution is -2.25. The number of nitrogens with one attached hydrogen (secondary N) is 1. The van der Waals surface area contributed by atoms with Crippen molar-refractivity contribution in [3.05, 3.63) is 47.1 Å². The van der Waals surface area contributed by atoms with Crippen molar-refractivity contribution < 1.29 is 9.84 Å². The number of ether oxygens (including phenoxy) is 1. The summed E-state index contributed by atoms with van der Waals surface area (Å²) in [6.45, 7) is 10.5. The number of benzene rings is 1. The second kappa shape index (κ2) is 7.32. The highest BCUT2D eigenvalue weighted by atomic mass is 16.5. The Morgan fingerprint density at radius 2 is 2.12 bits per heavy atom. The van der Waals surface area contributed by atoms with Crippen LogP contribution < -0.4 is 0 Å². The number of aromatic amines is 1. The molecule has 0 bridgehead atoms. The first kappa shape index (κ1) is 18.4. The molecule has 0 atom stereocenters. The number of nitrogens with zero attached hydrogens (tertiary/aromatic N) is 3. The summed E-state index contributed by atoms with van der Waals surface area (Å²) in [4.78, 5) is 11.5. The first-order valence-electron chi connectivity index (χ1n) is 7.85. The van der Waals surface area contributed by atoms with Crippen molar-refractivity contribution in [2.24, 2.45) is 9.98 Å². The standard InChI is InChI=1S/C19H22N4O2/c1-12(23-13(2)18(21-5)25-11-19(3,4)24)16-10-22-17-14(9-20)7-6-8-15(16)17/h6-8,10,22,24H,5,11H2,1-4H3/b18-13+,23-12+. The summed E-state index contributed by atoms with van der Waals surface area (Å²) in [6.07, 6.45) is 1.83. The Morgan fingerprint density at radius 3 is 2.72 bits per heavy atom. The Balaban J connectivity index is 2.39. The third kappa shape index (κ3) is 4.34. The molecule has 0 aliphatic rings. The van der Waals surface area contributed by atoms with Crippen LogP contribution in [0.2, 0.25) is 0 Å². The van der Waals surface area contributed by atoms with Crippen molar-refractivity contribution in [3.8, 4) is 6.07 Å². The highest BCUT2D eigenvalue weighted by Gasteiger charge is 2.15. The molecule has 1 heterocycles. The van der Waals surface area contributed by atoms with Crippen LogP contribution in [0.15, 0.2) is 46.0 Å². The minimum atomic E-state index is -0.973. The van der Waals surface area contributed by atoms with E-state index in [1.54, 1.807) is 26.8 Å². The van der Waals surface area contributed by atoms with Gasteiger partial charge in [-0.1, -0.05) is 12.1 Å². The number of rotatable bonds is 6. The van der Waals surface area contributed by atoms with Gasteiger partial charge in [-0.3, -0.25) is 4.99 Å². The van der Waals surface area contributed by atoms with E-state index >= 15 is 0 Å². The number of aliphatic hydroxyl groups is 1. The number of aromatic nitrogens is 1. The Hall–Kier alpha value is -2.91. The van der Waals surface area contributed by atoms with E-state index in [0.29, 0.717) is 11.3 Å². The summed E-state index contributed by atoms with van der Waals surface area (Å²) in [7, 11) is 0. The van der Waals surface area contributed by atoms with Crippen LogP contribution in [0.3, 0.4) is 0 Å². The maximum atomic E-state index is 9.77. The lowest BCUT2D eigenvalue weighted by atomic mass is 10.1. The van der Waals surface area contributed by atoms with Crippen molar-refractivity contribution in [3.63, 3.8) is 0 Å². The van der Waals surface area contributed by atoms with Gasteiger partial charge in [-0.2, -0.15) is 5.26 Å². The second-order valence-corrected chi connectivity index (χ2v) is 6.39.